The molecule has 5 bridgehead atoms. The number of piperidine rings is 1. The summed E-state index contributed by atoms with van der Waals surface area (Å²) in [6.07, 6.45) is 5.51. The molecule has 2 amide bonds. The van der Waals surface area contributed by atoms with Crippen LogP contribution in [0.15, 0.2) is 76.8 Å². The zero-order valence-electron chi connectivity index (χ0n) is 40.4. The summed E-state index contributed by atoms with van der Waals surface area (Å²) in [6.45, 7) is 13.8. The van der Waals surface area contributed by atoms with Crippen LogP contribution in [0.3, 0.4) is 0 Å². The van der Waals surface area contributed by atoms with E-state index in [2.05, 4.69) is 34.4 Å². The summed E-state index contributed by atoms with van der Waals surface area (Å²) in [6, 6.07) is 7.54. The average molecular weight is 960 g/mol. The van der Waals surface area contributed by atoms with Crippen molar-refractivity contribution < 1.29 is 53.5 Å². The minimum atomic E-state index is -1.95. The number of nitrogens with one attached hydrogen (secondary N) is 2. The molecule has 18 heteroatoms. The van der Waals surface area contributed by atoms with Crippen LogP contribution in [-0.4, -0.2) is 121 Å². The maximum Gasteiger partial charge on any atom is 0.315 e. The number of Topliss-reactive ketones (excluding diaryl/α,β-unsaturated/α-hetero) is 2. The van der Waals surface area contributed by atoms with E-state index in [4.69, 9.17) is 19.2 Å². The lowest BCUT2D eigenvalue weighted by atomic mass is 9.82. The Hall–Kier alpha value is -6.63. The molecule has 1 aliphatic carbocycles. The number of ether oxygens (including phenoxy) is 3. The lowest BCUT2D eigenvalue weighted by molar-refractivity contribution is -0.152. The Morgan fingerprint density at radius 1 is 1.00 bits per heavy atom. The Kier molecular flexibility index (Phi) is 13.1. The number of anilines is 1. The third-order valence-electron chi connectivity index (χ3n) is 14.1. The fourth-order valence-electron chi connectivity index (χ4n) is 10.3. The third-order valence-corrected chi connectivity index (χ3v) is 14.1. The summed E-state index contributed by atoms with van der Waals surface area (Å²) < 4.78 is 20.1. The number of hydrogen-bond acceptors (Lipinski definition) is 15. The number of aliphatic hydroxyl groups excluding tert-OH is 2. The molecule has 0 radical (unpaired) electrons. The molecule has 10 rings (SSSR count). The van der Waals surface area contributed by atoms with Crippen LogP contribution in [-0.2, 0) is 30.4 Å². The summed E-state index contributed by atoms with van der Waals surface area (Å²) in [7, 11) is 0. The largest absolute Gasteiger partial charge is 0.507 e. The van der Waals surface area contributed by atoms with E-state index in [0.717, 1.165) is 17.6 Å². The lowest BCUT2D eigenvalue weighted by Crippen LogP contribution is -2.50. The smallest absolute Gasteiger partial charge is 0.315 e. The first kappa shape index (κ1) is 48.4. The normalized spacial score (nSPS) is 27.6. The molecular weight excluding hydrogens is 899 g/mol. The van der Waals surface area contributed by atoms with E-state index in [9.17, 15) is 39.3 Å². The van der Waals surface area contributed by atoms with Crippen LogP contribution < -0.4 is 20.3 Å². The van der Waals surface area contributed by atoms with Gasteiger partial charge in [0.2, 0.25) is 17.6 Å². The second kappa shape index (κ2) is 18.9. The Bertz CT molecular complexity index is 2830. The topological polar surface area (TPSA) is 234 Å². The van der Waals surface area contributed by atoms with Gasteiger partial charge in [0, 0.05) is 81.5 Å². The molecule has 2 aromatic carbocycles. The summed E-state index contributed by atoms with van der Waals surface area (Å²) in [4.78, 5) is 84.0. The van der Waals surface area contributed by atoms with Gasteiger partial charge in [0.25, 0.3) is 11.7 Å². The Morgan fingerprint density at radius 3 is 2.51 bits per heavy atom. The Balaban J connectivity index is 1.00. The molecule has 7 heterocycles. The summed E-state index contributed by atoms with van der Waals surface area (Å²) in [5.41, 5.74) is 1.37. The number of aliphatic hydroxyl groups is 2. The van der Waals surface area contributed by atoms with Gasteiger partial charge in [-0.3, -0.25) is 33.9 Å². The van der Waals surface area contributed by atoms with E-state index in [1.165, 1.54) is 31.1 Å². The average Bonchev–Trinajstić information content (AvgIpc) is 4.06. The lowest BCUT2D eigenvalue weighted by Gasteiger charge is -2.38. The molecule has 18 nitrogen and oxygen atoms in total. The van der Waals surface area contributed by atoms with Gasteiger partial charge >= 0.3 is 11.8 Å². The van der Waals surface area contributed by atoms with Gasteiger partial charge in [-0.2, -0.15) is 0 Å². The van der Waals surface area contributed by atoms with Crippen LogP contribution >= 0.6 is 0 Å². The number of imidazole rings is 1. The van der Waals surface area contributed by atoms with E-state index >= 15 is 0 Å². The number of phenols is 1. The molecular formula is C52H61N7O11. The molecule has 0 saturated carbocycles. The van der Waals surface area contributed by atoms with Crippen molar-refractivity contribution in [3.63, 3.8) is 0 Å². The van der Waals surface area contributed by atoms with Crippen molar-refractivity contribution in [2.75, 3.05) is 31.1 Å². The first-order valence-corrected chi connectivity index (χ1v) is 24.2. The molecule has 5 N–H and O–H groups in total. The van der Waals surface area contributed by atoms with Crippen LogP contribution in [0.4, 0.5) is 5.95 Å². The summed E-state index contributed by atoms with van der Waals surface area (Å²) >= 11 is 0. The number of aromatic hydroxyl groups is 1. The fraction of sp³-hybridized carbons (Fsp3) is 0.481. The second-order valence-corrected chi connectivity index (χ2v) is 19.9. The van der Waals surface area contributed by atoms with Crippen LogP contribution in [0, 0.1) is 18.8 Å². The molecule has 7 aliphatic rings. The van der Waals surface area contributed by atoms with Crippen molar-refractivity contribution in [3.8, 4) is 11.5 Å². The first-order valence-electron chi connectivity index (χ1n) is 24.2. The van der Waals surface area contributed by atoms with E-state index in [1.807, 2.05) is 28.8 Å². The number of phenolic OH excluding ortho intramolecular Hbond substituents is 1. The maximum absolute atomic E-state index is 14.7. The van der Waals surface area contributed by atoms with Crippen molar-refractivity contribution in [1.29, 1.82) is 0 Å². The number of allylic oxidation sites excluding steroid dienone is 5. The number of para-hydroxylation sites is 2. The molecule has 3 aromatic rings. The molecule has 6 aliphatic heterocycles. The van der Waals surface area contributed by atoms with E-state index in [0.29, 0.717) is 50.9 Å². The van der Waals surface area contributed by atoms with E-state index in [-0.39, 0.29) is 76.4 Å². The fourth-order valence-corrected chi connectivity index (χ4v) is 10.3. The van der Waals surface area contributed by atoms with Crippen molar-refractivity contribution in [3.05, 3.63) is 94.1 Å². The third kappa shape index (κ3) is 9.03. The van der Waals surface area contributed by atoms with Gasteiger partial charge in [0.15, 0.2) is 0 Å². The highest BCUT2D eigenvalue weighted by atomic mass is 16.7. The quantitative estimate of drug-likeness (QED) is 0.167. The predicted molar refractivity (Wildman–Crippen MR) is 258 cm³/mol. The second-order valence-electron chi connectivity index (χ2n) is 19.9. The SMILES string of the molecule is C/C1=C/C=C/C(C)[C@H](O)CC(O)C[C@H](OC(=O)CC(=O)N2CCn3c2nc2ccccc23)CC/C=C/OC2(C)Oc3c(C)c(O)c4c(c3C2=O)C2=NC3(CCN(CC(C)C)CC3)NC2=C(NC1=O)C4=O. The number of ketones is 2. The molecule has 70 heavy (non-hydrogen) atoms. The van der Waals surface area contributed by atoms with Gasteiger partial charge in [-0.1, -0.05) is 51.1 Å². The van der Waals surface area contributed by atoms with Crippen LogP contribution in [0.5, 0.6) is 11.5 Å². The Labute approximate surface area is 405 Å². The van der Waals surface area contributed by atoms with E-state index in [1.54, 1.807) is 32.1 Å². The number of benzene rings is 2. The zero-order valence-corrected chi connectivity index (χ0v) is 40.4. The number of rotatable bonds is 5. The highest BCUT2D eigenvalue weighted by Crippen LogP contribution is 2.50. The number of hydrogen-bond donors (Lipinski definition) is 5. The minimum absolute atomic E-state index is 0.0148. The minimum Gasteiger partial charge on any atom is -0.507 e. The van der Waals surface area contributed by atoms with Crippen LogP contribution in [0.1, 0.15) is 111 Å². The van der Waals surface area contributed by atoms with Gasteiger partial charge < -0.3 is 49.6 Å². The van der Waals surface area contributed by atoms with Gasteiger partial charge in [0.05, 0.1) is 52.0 Å². The highest BCUT2D eigenvalue weighted by molar-refractivity contribution is 6.34. The number of carbonyl (C=O) groups excluding carboxylic acids is 5. The number of aliphatic imine (C=N–C) groups is 1. The van der Waals surface area contributed by atoms with Gasteiger partial charge in [-0.25, -0.2) is 4.98 Å². The number of fused-ring (bicyclic) bond motifs is 16. The zero-order chi connectivity index (χ0) is 49.8. The number of esters is 1. The predicted octanol–water partition coefficient (Wildman–Crippen LogP) is 5.02. The number of nitrogens with zero attached hydrogens (tertiary/aromatic N) is 5. The van der Waals surface area contributed by atoms with Gasteiger partial charge in [-0.05, 0) is 57.2 Å². The first-order chi connectivity index (χ1) is 33.4. The molecule has 1 saturated heterocycles. The number of aromatic nitrogens is 2. The van der Waals surface area contributed by atoms with Crippen LogP contribution in [0.2, 0.25) is 0 Å². The maximum atomic E-state index is 14.7. The number of likely N-dealkylation sites (tertiary alicyclic amines) is 1. The van der Waals surface area contributed by atoms with Crippen LogP contribution in [0.25, 0.3) is 11.0 Å². The van der Waals surface area contributed by atoms with Crippen molar-refractivity contribution >= 4 is 52.0 Å². The van der Waals surface area contributed by atoms with Crippen molar-refractivity contribution in [1.82, 2.24) is 25.1 Å². The molecule has 370 valence electrons. The number of carbonyl (C=O) groups is 5. The summed E-state index contributed by atoms with van der Waals surface area (Å²) in [5.74, 6) is -5.15. The number of amides is 2. The standard InChI is InChI=1S/C52H61N7O11/c1-28(2)27-57-19-17-52(18-20-57)55-42-39-40-45(64)31(5)47-41(39)48(66)51(6,70-47)68-23-10-9-14-33(69-38(63)26-37(62)59-22-21-58-35-16-8-7-15-34(35)53-50(58)59)24-32(60)25-36(61)29(3)12-11-13-30(4)49(67)54-44(46(40)65)43(42)56-52/h7-8,10-13,15-16,23,28-29,32-33,36,56,60-61,64H,9,14,17-22,24-27H2,1-6H3,(H,54,67)/b12-11+,23-10+,30-13-/t29?,32?,33-,36-,51?/m1/s1. The highest BCUT2D eigenvalue weighted by Gasteiger charge is 2.54. The van der Waals surface area contributed by atoms with Gasteiger partial charge in [-0.15, -0.1) is 0 Å². The molecule has 3 unspecified atom stereocenters. The van der Waals surface area contributed by atoms with Gasteiger partial charge in [0.1, 0.15) is 35.4 Å². The van der Waals surface area contributed by atoms with Crippen molar-refractivity contribution in [2.45, 2.75) is 123 Å². The van der Waals surface area contributed by atoms with E-state index < -0.39 is 77.2 Å². The Morgan fingerprint density at radius 2 is 1.76 bits per heavy atom. The molecule has 1 spiro atoms. The monoisotopic (exact) mass is 959 g/mol. The molecule has 1 aromatic heterocycles. The molecule has 5 atom stereocenters. The summed E-state index contributed by atoms with van der Waals surface area (Å²) in [5, 5.41) is 40.5. The van der Waals surface area contributed by atoms with Crippen molar-refractivity contribution in [2.24, 2.45) is 16.8 Å². The molecule has 1 fully saturated rings.